The van der Waals surface area contributed by atoms with Crippen LogP contribution in [0.4, 0.5) is 0 Å². The fourth-order valence-electron chi connectivity index (χ4n) is 4.52. The highest BCUT2D eigenvalue weighted by Crippen LogP contribution is 2.28. The molecule has 0 saturated carbocycles. The van der Waals surface area contributed by atoms with E-state index in [0.29, 0.717) is 30.5 Å². The zero-order valence-corrected chi connectivity index (χ0v) is 21.5. The van der Waals surface area contributed by atoms with E-state index >= 15 is 0 Å². The Morgan fingerprint density at radius 1 is 1.00 bits per heavy atom. The van der Waals surface area contributed by atoms with Gasteiger partial charge in [-0.2, -0.15) is 0 Å². The Bertz CT molecular complexity index is 1010. The van der Waals surface area contributed by atoms with Crippen LogP contribution in [0, 0.1) is 0 Å². The fraction of sp³-hybridized carbons (Fsp3) is 0.462. The van der Waals surface area contributed by atoms with E-state index < -0.39 is 5.60 Å². The van der Waals surface area contributed by atoms with Crippen LogP contribution in [0.3, 0.4) is 0 Å². The highest BCUT2D eigenvalue weighted by atomic mass is 79.9. The largest absolute Gasteiger partial charge is 0.490 e. The molecule has 0 radical (unpaired) electrons. The number of amides is 2. The summed E-state index contributed by atoms with van der Waals surface area (Å²) in [4.78, 5) is 30.1. The van der Waals surface area contributed by atoms with Crippen LogP contribution >= 0.6 is 27.5 Å². The molecule has 1 atom stereocenters. The number of halogens is 2. The molecule has 1 unspecified atom stereocenters. The summed E-state index contributed by atoms with van der Waals surface area (Å²) in [7, 11) is 0. The van der Waals surface area contributed by atoms with E-state index in [1.54, 1.807) is 17.0 Å². The second kappa shape index (κ2) is 11.6. The van der Waals surface area contributed by atoms with Crippen LogP contribution in [0.1, 0.15) is 31.2 Å². The summed E-state index contributed by atoms with van der Waals surface area (Å²) in [6.07, 6.45) is 3.66. The SMILES string of the molecule is O=C(CC1(COc2cccc(Cl)c2)CN(C(=O)Cc2ccccc2Br)CCO1)N1CCCCC1. The Morgan fingerprint density at radius 3 is 2.56 bits per heavy atom. The molecule has 2 fully saturated rings. The first-order valence-electron chi connectivity index (χ1n) is 11.8. The Kier molecular flexibility index (Phi) is 8.51. The van der Waals surface area contributed by atoms with Crippen LogP contribution in [0.5, 0.6) is 5.75 Å². The summed E-state index contributed by atoms with van der Waals surface area (Å²) in [5, 5.41) is 0.575. The molecule has 0 aliphatic carbocycles. The summed E-state index contributed by atoms with van der Waals surface area (Å²) < 4.78 is 13.2. The van der Waals surface area contributed by atoms with Gasteiger partial charge in [0.1, 0.15) is 18.0 Å². The van der Waals surface area contributed by atoms with Gasteiger partial charge in [-0.05, 0) is 49.1 Å². The molecule has 2 saturated heterocycles. The van der Waals surface area contributed by atoms with Crippen molar-refractivity contribution in [2.45, 2.75) is 37.7 Å². The number of ether oxygens (including phenoxy) is 2. The molecular weight excluding hydrogens is 520 g/mol. The van der Waals surface area contributed by atoms with E-state index in [0.717, 1.165) is 42.4 Å². The van der Waals surface area contributed by atoms with Gasteiger partial charge >= 0.3 is 0 Å². The predicted octanol–water partition coefficient (Wildman–Crippen LogP) is 4.72. The second-order valence-corrected chi connectivity index (χ2v) is 10.3. The molecule has 6 nitrogen and oxygen atoms in total. The Morgan fingerprint density at radius 2 is 1.79 bits per heavy atom. The van der Waals surface area contributed by atoms with Gasteiger partial charge in [0.2, 0.25) is 11.8 Å². The number of hydrogen-bond acceptors (Lipinski definition) is 4. The van der Waals surface area contributed by atoms with Gasteiger partial charge in [-0.3, -0.25) is 9.59 Å². The average Bonchev–Trinajstić information content (AvgIpc) is 2.85. The van der Waals surface area contributed by atoms with E-state index in [9.17, 15) is 9.59 Å². The average molecular weight is 550 g/mol. The molecule has 0 spiro atoms. The predicted molar refractivity (Wildman–Crippen MR) is 135 cm³/mol. The molecular formula is C26H30BrClN2O4. The molecule has 0 aromatic heterocycles. The molecule has 2 heterocycles. The summed E-state index contributed by atoms with van der Waals surface area (Å²) in [5.41, 5.74) is 0.0164. The molecule has 34 heavy (non-hydrogen) atoms. The maximum absolute atomic E-state index is 13.2. The molecule has 2 amide bonds. The number of morpholine rings is 1. The van der Waals surface area contributed by atoms with E-state index in [2.05, 4.69) is 15.9 Å². The molecule has 0 bridgehead atoms. The number of likely N-dealkylation sites (tertiary alicyclic amines) is 1. The summed E-state index contributed by atoms with van der Waals surface area (Å²) >= 11 is 9.64. The van der Waals surface area contributed by atoms with Crippen LogP contribution in [-0.4, -0.2) is 66.6 Å². The van der Waals surface area contributed by atoms with Gasteiger partial charge in [-0.1, -0.05) is 51.8 Å². The van der Waals surface area contributed by atoms with Crippen LogP contribution in [0.25, 0.3) is 0 Å². The highest BCUT2D eigenvalue weighted by Gasteiger charge is 2.42. The van der Waals surface area contributed by atoms with Crippen LogP contribution < -0.4 is 4.74 Å². The third-order valence-corrected chi connectivity index (χ3v) is 7.39. The minimum absolute atomic E-state index is 0.00718. The van der Waals surface area contributed by atoms with Gasteiger partial charge < -0.3 is 19.3 Å². The van der Waals surface area contributed by atoms with Crippen molar-refractivity contribution < 1.29 is 19.1 Å². The van der Waals surface area contributed by atoms with Crippen LogP contribution in [-0.2, 0) is 20.7 Å². The molecule has 4 rings (SSSR count). The minimum Gasteiger partial charge on any atom is -0.490 e. The topological polar surface area (TPSA) is 59.1 Å². The number of hydrogen-bond donors (Lipinski definition) is 0. The third-order valence-electron chi connectivity index (χ3n) is 6.38. The fourth-order valence-corrected chi connectivity index (χ4v) is 5.13. The highest BCUT2D eigenvalue weighted by molar-refractivity contribution is 9.10. The first-order chi connectivity index (χ1) is 16.4. The smallest absolute Gasteiger partial charge is 0.227 e. The lowest BCUT2D eigenvalue weighted by atomic mass is 9.95. The van der Waals surface area contributed by atoms with Crippen molar-refractivity contribution in [1.82, 2.24) is 9.80 Å². The van der Waals surface area contributed by atoms with Gasteiger partial charge in [0.05, 0.1) is 26.0 Å². The van der Waals surface area contributed by atoms with E-state index in [1.165, 1.54) is 0 Å². The monoisotopic (exact) mass is 548 g/mol. The van der Waals surface area contributed by atoms with Gasteiger partial charge in [0.25, 0.3) is 0 Å². The Balaban J connectivity index is 1.50. The van der Waals surface area contributed by atoms with Crippen molar-refractivity contribution in [2.24, 2.45) is 0 Å². The number of carbonyl (C=O) groups excluding carboxylic acids is 2. The van der Waals surface area contributed by atoms with Crippen molar-refractivity contribution in [3.05, 3.63) is 63.6 Å². The Hall–Kier alpha value is -2.09. The summed E-state index contributed by atoms with van der Waals surface area (Å²) in [5.74, 6) is 0.666. The quantitative estimate of drug-likeness (QED) is 0.501. The van der Waals surface area contributed by atoms with Gasteiger partial charge in [0, 0.05) is 29.1 Å². The van der Waals surface area contributed by atoms with Crippen molar-refractivity contribution in [3.63, 3.8) is 0 Å². The number of piperidine rings is 1. The lowest BCUT2D eigenvalue weighted by Crippen LogP contribution is -2.58. The first kappa shape index (κ1) is 25.0. The van der Waals surface area contributed by atoms with Gasteiger partial charge in [-0.25, -0.2) is 0 Å². The summed E-state index contributed by atoms with van der Waals surface area (Å²) in [6.45, 7) is 2.85. The normalized spacial score (nSPS) is 20.8. The maximum Gasteiger partial charge on any atom is 0.227 e. The Labute approximate surface area is 214 Å². The van der Waals surface area contributed by atoms with E-state index in [4.69, 9.17) is 21.1 Å². The number of rotatable bonds is 7. The number of benzene rings is 2. The van der Waals surface area contributed by atoms with Crippen molar-refractivity contribution in [2.75, 3.05) is 39.4 Å². The lowest BCUT2D eigenvalue weighted by Gasteiger charge is -2.43. The van der Waals surface area contributed by atoms with Crippen LogP contribution in [0.2, 0.25) is 5.02 Å². The molecule has 2 aromatic rings. The van der Waals surface area contributed by atoms with Crippen LogP contribution in [0.15, 0.2) is 53.0 Å². The molecule has 2 aromatic carbocycles. The minimum atomic E-state index is -0.918. The third kappa shape index (κ3) is 6.52. The number of nitrogens with zero attached hydrogens (tertiary/aromatic N) is 2. The molecule has 2 aliphatic heterocycles. The molecule has 182 valence electrons. The molecule has 8 heteroatoms. The summed E-state index contributed by atoms with van der Waals surface area (Å²) in [6, 6.07) is 14.9. The molecule has 2 aliphatic rings. The van der Waals surface area contributed by atoms with Gasteiger partial charge in [0.15, 0.2) is 0 Å². The first-order valence-corrected chi connectivity index (χ1v) is 12.9. The van der Waals surface area contributed by atoms with Crippen molar-refractivity contribution in [1.29, 1.82) is 0 Å². The zero-order chi connectivity index (χ0) is 24.0. The maximum atomic E-state index is 13.2. The second-order valence-electron chi connectivity index (χ2n) is 8.98. The number of carbonyl (C=O) groups is 2. The van der Waals surface area contributed by atoms with Crippen molar-refractivity contribution in [3.8, 4) is 5.75 Å². The standard InChI is InChI=1S/C26H30BrClN2O4/c27-23-10-3-2-7-20(23)15-24(31)30-13-14-34-26(18-30,17-25(32)29-11-4-1-5-12-29)19-33-22-9-6-8-21(28)16-22/h2-3,6-10,16H,1,4-5,11-15,17-19H2. The van der Waals surface area contributed by atoms with E-state index in [1.807, 2.05) is 41.3 Å². The van der Waals surface area contributed by atoms with Crippen molar-refractivity contribution >= 4 is 39.3 Å². The van der Waals surface area contributed by atoms with E-state index in [-0.39, 0.29) is 31.3 Å². The molecule has 0 N–H and O–H groups in total. The zero-order valence-electron chi connectivity index (χ0n) is 19.2. The lowest BCUT2D eigenvalue weighted by molar-refractivity contribution is -0.166. The van der Waals surface area contributed by atoms with Gasteiger partial charge in [-0.15, -0.1) is 0 Å².